The summed E-state index contributed by atoms with van der Waals surface area (Å²) in [7, 11) is 3.92. The molecule has 8 heteroatoms. The second-order valence-corrected chi connectivity index (χ2v) is 5.20. The highest BCUT2D eigenvalue weighted by molar-refractivity contribution is 6.42. The highest BCUT2D eigenvalue weighted by atomic mass is 35.5. The Morgan fingerprint density at radius 2 is 1.95 bits per heavy atom. The minimum atomic E-state index is -0.503. The third kappa shape index (κ3) is 5.50. The summed E-state index contributed by atoms with van der Waals surface area (Å²) in [5.41, 5.74) is 0.230. The molecule has 6 nitrogen and oxygen atoms in total. The van der Waals surface area contributed by atoms with Crippen LogP contribution in [0.5, 0.6) is 0 Å². The molecule has 0 spiro atoms. The Balaban J connectivity index is 2.51. The van der Waals surface area contributed by atoms with Crippen molar-refractivity contribution in [1.29, 1.82) is 0 Å². The van der Waals surface area contributed by atoms with E-state index in [9.17, 15) is 10.1 Å². The van der Waals surface area contributed by atoms with Gasteiger partial charge < -0.3 is 15.0 Å². The smallest absolute Gasteiger partial charge is 0.293 e. The topological polar surface area (TPSA) is 67.6 Å². The number of ether oxygens (including phenoxy) is 1. The molecule has 20 heavy (non-hydrogen) atoms. The Bertz CT molecular complexity index is 470. The monoisotopic (exact) mass is 321 g/mol. The molecule has 0 aliphatic rings. The van der Waals surface area contributed by atoms with Gasteiger partial charge in [-0.1, -0.05) is 23.2 Å². The lowest BCUT2D eigenvalue weighted by Gasteiger charge is -2.11. The van der Waals surface area contributed by atoms with Gasteiger partial charge in [0.15, 0.2) is 0 Å². The molecule has 0 unspecified atom stereocenters. The van der Waals surface area contributed by atoms with Crippen LogP contribution in [0.1, 0.15) is 0 Å². The minimum absolute atomic E-state index is 0.104. The summed E-state index contributed by atoms with van der Waals surface area (Å²) >= 11 is 11.6. The average molecular weight is 322 g/mol. The van der Waals surface area contributed by atoms with Crippen molar-refractivity contribution in [2.45, 2.75) is 0 Å². The zero-order valence-electron chi connectivity index (χ0n) is 11.4. The fourth-order valence-electron chi connectivity index (χ4n) is 1.44. The van der Waals surface area contributed by atoms with Gasteiger partial charge in [-0.05, 0) is 20.2 Å². The number of halogens is 2. The van der Waals surface area contributed by atoms with Crippen molar-refractivity contribution < 1.29 is 9.66 Å². The van der Waals surface area contributed by atoms with Gasteiger partial charge in [0.25, 0.3) is 5.69 Å². The number of nitro groups is 1. The summed E-state index contributed by atoms with van der Waals surface area (Å²) < 4.78 is 5.39. The fourth-order valence-corrected chi connectivity index (χ4v) is 1.76. The lowest BCUT2D eigenvalue weighted by molar-refractivity contribution is -0.383. The zero-order valence-corrected chi connectivity index (χ0v) is 12.9. The molecule has 1 aromatic carbocycles. The Kier molecular flexibility index (Phi) is 7.01. The third-order valence-corrected chi connectivity index (χ3v) is 3.20. The van der Waals surface area contributed by atoms with Gasteiger partial charge in [-0.25, -0.2) is 0 Å². The van der Waals surface area contributed by atoms with Crippen molar-refractivity contribution in [3.05, 3.63) is 32.3 Å². The number of rotatable bonds is 8. The second-order valence-electron chi connectivity index (χ2n) is 4.38. The molecule has 0 heterocycles. The molecule has 0 saturated heterocycles. The number of anilines is 1. The van der Waals surface area contributed by atoms with Crippen molar-refractivity contribution in [2.24, 2.45) is 0 Å². The number of likely N-dealkylation sites (N-methyl/N-ethyl adjacent to an activating group) is 1. The SMILES string of the molecule is CN(C)CCOCCNc1cc(Cl)c(Cl)cc1[N+](=O)[O-]. The minimum Gasteiger partial charge on any atom is -0.378 e. The van der Waals surface area contributed by atoms with Gasteiger partial charge in [0, 0.05) is 19.2 Å². The van der Waals surface area contributed by atoms with Crippen LogP contribution in [0.4, 0.5) is 11.4 Å². The first-order valence-electron chi connectivity index (χ1n) is 6.01. The summed E-state index contributed by atoms with van der Waals surface area (Å²) in [4.78, 5) is 12.4. The molecule has 0 fully saturated rings. The molecule has 0 aliphatic carbocycles. The van der Waals surface area contributed by atoms with Gasteiger partial charge in [-0.15, -0.1) is 0 Å². The van der Waals surface area contributed by atoms with Gasteiger partial charge in [-0.2, -0.15) is 0 Å². The van der Waals surface area contributed by atoms with E-state index in [4.69, 9.17) is 27.9 Å². The summed E-state index contributed by atoms with van der Waals surface area (Å²) in [5, 5.41) is 14.3. The molecule has 0 radical (unpaired) electrons. The normalized spacial score (nSPS) is 10.8. The van der Waals surface area contributed by atoms with E-state index in [0.29, 0.717) is 25.4 Å². The van der Waals surface area contributed by atoms with Crippen molar-refractivity contribution in [3.63, 3.8) is 0 Å². The van der Waals surface area contributed by atoms with Crippen LogP contribution < -0.4 is 5.32 Å². The molecular weight excluding hydrogens is 305 g/mol. The Hall–Kier alpha value is -1.08. The first-order valence-corrected chi connectivity index (χ1v) is 6.77. The van der Waals surface area contributed by atoms with E-state index in [2.05, 4.69) is 5.32 Å². The molecule has 1 aromatic rings. The van der Waals surface area contributed by atoms with Crippen LogP contribution in [0.25, 0.3) is 0 Å². The van der Waals surface area contributed by atoms with E-state index < -0.39 is 4.92 Å². The van der Waals surface area contributed by atoms with Gasteiger partial charge in [0.2, 0.25) is 0 Å². The molecule has 0 atom stereocenters. The molecule has 0 bridgehead atoms. The zero-order chi connectivity index (χ0) is 15.1. The highest BCUT2D eigenvalue weighted by Crippen LogP contribution is 2.33. The number of nitrogens with one attached hydrogen (secondary N) is 1. The molecule has 0 saturated carbocycles. The first-order chi connectivity index (χ1) is 9.41. The molecule has 0 amide bonds. The van der Waals surface area contributed by atoms with Crippen LogP contribution in [0.15, 0.2) is 12.1 Å². The maximum atomic E-state index is 10.9. The van der Waals surface area contributed by atoms with Crippen molar-refractivity contribution >= 4 is 34.6 Å². The fraction of sp³-hybridized carbons (Fsp3) is 0.500. The number of benzene rings is 1. The van der Waals surface area contributed by atoms with Crippen LogP contribution in [-0.4, -0.2) is 50.2 Å². The largest absolute Gasteiger partial charge is 0.378 e. The maximum Gasteiger partial charge on any atom is 0.293 e. The van der Waals surface area contributed by atoms with Crippen molar-refractivity contribution in [1.82, 2.24) is 4.90 Å². The lowest BCUT2D eigenvalue weighted by atomic mass is 10.2. The van der Waals surface area contributed by atoms with Crippen molar-refractivity contribution in [2.75, 3.05) is 45.7 Å². The van der Waals surface area contributed by atoms with Crippen LogP contribution >= 0.6 is 23.2 Å². The standard InChI is InChI=1S/C12H17Cl2N3O3/c1-16(2)4-6-20-5-3-15-11-7-9(13)10(14)8-12(11)17(18)19/h7-8,15H,3-6H2,1-2H3. The Labute approximate surface area is 127 Å². The van der Waals surface area contributed by atoms with Crippen molar-refractivity contribution in [3.8, 4) is 0 Å². The van der Waals surface area contributed by atoms with E-state index in [1.807, 2.05) is 19.0 Å². The molecule has 0 aliphatic heterocycles. The number of nitro benzene ring substituents is 1. The summed E-state index contributed by atoms with van der Waals surface area (Å²) in [6.45, 7) is 2.34. The molecular formula is C12H17Cl2N3O3. The van der Waals surface area contributed by atoms with E-state index in [-0.39, 0.29) is 15.7 Å². The molecule has 1 rings (SSSR count). The molecule has 1 N–H and O–H groups in total. The van der Waals surface area contributed by atoms with E-state index >= 15 is 0 Å². The first kappa shape index (κ1) is 17.0. The Morgan fingerprint density at radius 3 is 2.55 bits per heavy atom. The Morgan fingerprint density at radius 1 is 1.30 bits per heavy atom. The summed E-state index contributed by atoms with van der Waals surface area (Å²) in [6, 6.07) is 2.68. The van der Waals surface area contributed by atoms with Crippen LogP contribution in [-0.2, 0) is 4.74 Å². The maximum absolute atomic E-state index is 10.9. The van der Waals surface area contributed by atoms with E-state index in [1.54, 1.807) is 0 Å². The summed E-state index contributed by atoms with van der Waals surface area (Å²) in [5.74, 6) is 0. The number of hydrogen-bond donors (Lipinski definition) is 1. The molecule has 0 aromatic heterocycles. The van der Waals surface area contributed by atoms with Gasteiger partial charge in [0.1, 0.15) is 5.69 Å². The third-order valence-electron chi connectivity index (χ3n) is 2.48. The van der Waals surface area contributed by atoms with Crippen LogP contribution in [0, 0.1) is 10.1 Å². The van der Waals surface area contributed by atoms with E-state index in [1.165, 1.54) is 12.1 Å². The predicted molar refractivity (Wildman–Crippen MR) is 81.0 cm³/mol. The van der Waals surface area contributed by atoms with Gasteiger partial charge in [0.05, 0.1) is 28.2 Å². The lowest BCUT2D eigenvalue weighted by Crippen LogP contribution is -2.20. The van der Waals surface area contributed by atoms with Gasteiger partial charge >= 0.3 is 0 Å². The second kappa shape index (κ2) is 8.26. The molecule has 112 valence electrons. The highest BCUT2D eigenvalue weighted by Gasteiger charge is 2.16. The summed E-state index contributed by atoms with van der Waals surface area (Å²) in [6.07, 6.45) is 0. The number of hydrogen-bond acceptors (Lipinski definition) is 5. The quantitative estimate of drug-likeness (QED) is 0.453. The van der Waals surface area contributed by atoms with Crippen LogP contribution in [0.3, 0.4) is 0 Å². The van der Waals surface area contributed by atoms with Gasteiger partial charge in [-0.3, -0.25) is 10.1 Å². The predicted octanol–water partition coefficient (Wildman–Crippen LogP) is 2.89. The van der Waals surface area contributed by atoms with E-state index in [0.717, 1.165) is 6.54 Å². The number of nitrogens with zero attached hydrogens (tertiary/aromatic N) is 2. The van der Waals surface area contributed by atoms with Crippen LogP contribution in [0.2, 0.25) is 10.0 Å². The average Bonchev–Trinajstić information content (AvgIpc) is 2.36.